The first-order valence-corrected chi connectivity index (χ1v) is 5.48. The first-order chi connectivity index (χ1) is 6.40. The first kappa shape index (κ1) is 9.06. The largest absolute Gasteiger partial charge is 0.395 e. The van der Waals surface area contributed by atoms with Crippen LogP contribution in [0.15, 0.2) is 30.3 Å². The van der Waals surface area contributed by atoms with E-state index in [1.807, 2.05) is 30.0 Å². The van der Waals surface area contributed by atoms with Gasteiger partial charge in [-0.15, -0.1) is 11.8 Å². The molecule has 2 rings (SSSR count). The monoisotopic (exact) mass is 195 g/mol. The van der Waals surface area contributed by atoms with Gasteiger partial charge in [-0.1, -0.05) is 30.3 Å². The average Bonchev–Trinajstić information content (AvgIpc) is 2.67. The van der Waals surface area contributed by atoms with Gasteiger partial charge < -0.3 is 5.11 Å². The van der Waals surface area contributed by atoms with Gasteiger partial charge in [-0.25, -0.2) is 0 Å². The van der Waals surface area contributed by atoms with Crippen molar-refractivity contribution in [3.63, 3.8) is 0 Å². The van der Waals surface area contributed by atoms with E-state index in [2.05, 4.69) is 17.4 Å². The van der Waals surface area contributed by atoms with Crippen molar-refractivity contribution in [2.75, 3.05) is 12.4 Å². The minimum Gasteiger partial charge on any atom is -0.395 e. The molecule has 1 fully saturated rings. The molecule has 1 aliphatic heterocycles. The molecule has 2 N–H and O–H groups in total. The Kier molecular flexibility index (Phi) is 2.88. The maximum absolute atomic E-state index is 8.95. The third-order valence-electron chi connectivity index (χ3n) is 2.17. The Hall–Kier alpha value is -0.510. The lowest BCUT2D eigenvalue weighted by atomic mass is 10.2. The van der Waals surface area contributed by atoms with Crippen molar-refractivity contribution in [3.8, 4) is 0 Å². The number of aliphatic hydroxyl groups excluding tert-OH is 1. The highest BCUT2D eigenvalue weighted by Crippen LogP contribution is 2.32. The number of hydrogen-bond acceptors (Lipinski definition) is 3. The normalized spacial score (nSPS) is 27.8. The Bertz CT molecular complexity index is 265. The highest BCUT2D eigenvalue weighted by Gasteiger charge is 2.24. The summed E-state index contributed by atoms with van der Waals surface area (Å²) in [6, 6.07) is 10.6. The molecule has 3 heteroatoms. The molecular weight excluding hydrogens is 182 g/mol. The minimum absolute atomic E-state index is 0.232. The summed E-state index contributed by atoms with van der Waals surface area (Å²) in [4.78, 5) is 0. The number of hydrogen-bond donors (Lipinski definition) is 2. The van der Waals surface area contributed by atoms with Crippen molar-refractivity contribution in [1.82, 2.24) is 5.32 Å². The summed E-state index contributed by atoms with van der Waals surface area (Å²) < 4.78 is 0. The van der Waals surface area contributed by atoms with Crippen LogP contribution in [-0.2, 0) is 0 Å². The lowest BCUT2D eigenvalue weighted by Gasteiger charge is -2.11. The molecule has 0 saturated carbocycles. The van der Waals surface area contributed by atoms with Gasteiger partial charge in [0.25, 0.3) is 0 Å². The van der Waals surface area contributed by atoms with E-state index >= 15 is 0 Å². The first-order valence-electron chi connectivity index (χ1n) is 4.43. The number of aliphatic hydroxyl groups is 1. The molecule has 0 amide bonds. The van der Waals surface area contributed by atoms with Crippen LogP contribution in [0.4, 0.5) is 0 Å². The van der Waals surface area contributed by atoms with Crippen LogP contribution in [0.5, 0.6) is 0 Å². The van der Waals surface area contributed by atoms with E-state index in [0.717, 1.165) is 5.75 Å². The van der Waals surface area contributed by atoms with Crippen LogP contribution >= 0.6 is 11.8 Å². The summed E-state index contributed by atoms with van der Waals surface area (Å²) in [7, 11) is 0. The lowest BCUT2D eigenvalue weighted by molar-refractivity contribution is 0.257. The molecule has 1 aromatic rings. The standard InChI is InChI=1S/C10H13NOS/c12-6-9-7-13-10(11-9)8-4-2-1-3-5-8/h1-5,9-12H,6-7H2. The number of benzene rings is 1. The summed E-state index contributed by atoms with van der Waals surface area (Å²) >= 11 is 1.86. The molecule has 2 atom stereocenters. The molecule has 1 aromatic carbocycles. The predicted molar refractivity (Wildman–Crippen MR) is 55.7 cm³/mol. The van der Waals surface area contributed by atoms with Gasteiger partial charge in [-0.2, -0.15) is 0 Å². The van der Waals surface area contributed by atoms with Gasteiger partial charge >= 0.3 is 0 Å². The fourth-order valence-corrected chi connectivity index (χ4v) is 2.71. The van der Waals surface area contributed by atoms with Gasteiger partial charge in [0.1, 0.15) is 0 Å². The topological polar surface area (TPSA) is 32.3 Å². The van der Waals surface area contributed by atoms with Crippen LogP contribution < -0.4 is 5.32 Å². The fraction of sp³-hybridized carbons (Fsp3) is 0.400. The molecule has 13 heavy (non-hydrogen) atoms. The maximum Gasteiger partial charge on any atom is 0.0793 e. The van der Waals surface area contributed by atoms with Gasteiger partial charge in [0.15, 0.2) is 0 Å². The van der Waals surface area contributed by atoms with Crippen molar-refractivity contribution >= 4 is 11.8 Å². The number of rotatable bonds is 2. The molecule has 0 bridgehead atoms. The molecule has 1 heterocycles. The Balaban J connectivity index is 2.04. The van der Waals surface area contributed by atoms with Gasteiger partial charge in [-0.3, -0.25) is 5.32 Å². The van der Waals surface area contributed by atoms with Crippen molar-refractivity contribution < 1.29 is 5.11 Å². The maximum atomic E-state index is 8.95. The summed E-state index contributed by atoms with van der Waals surface area (Å²) in [6.07, 6.45) is 0. The van der Waals surface area contributed by atoms with Crippen LogP contribution in [0.25, 0.3) is 0 Å². The highest BCUT2D eigenvalue weighted by atomic mass is 32.2. The molecule has 0 radical (unpaired) electrons. The van der Waals surface area contributed by atoms with E-state index in [4.69, 9.17) is 5.11 Å². The third kappa shape index (κ3) is 2.05. The molecule has 0 spiro atoms. The minimum atomic E-state index is 0.232. The summed E-state index contributed by atoms with van der Waals surface area (Å²) in [6.45, 7) is 0.232. The second-order valence-electron chi connectivity index (χ2n) is 3.17. The Morgan fingerprint density at radius 3 is 2.77 bits per heavy atom. The van der Waals surface area contributed by atoms with E-state index in [9.17, 15) is 0 Å². The van der Waals surface area contributed by atoms with Gasteiger partial charge in [-0.05, 0) is 5.56 Å². The van der Waals surface area contributed by atoms with E-state index in [1.165, 1.54) is 5.56 Å². The predicted octanol–water partition coefficient (Wildman–Crippen LogP) is 1.38. The van der Waals surface area contributed by atoms with Crippen molar-refractivity contribution in [2.24, 2.45) is 0 Å². The lowest BCUT2D eigenvalue weighted by Crippen LogP contribution is -2.28. The Labute approximate surface area is 82.4 Å². The quantitative estimate of drug-likeness (QED) is 0.748. The number of nitrogens with one attached hydrogen (secondary N) is 1. The zero-order chi connectivity index (χ0) is 9.10. The fourth-order valence-electron chi connectivity index (χ4n) is 1.45. The van der Waals surface area contributed by atoms with E-state index in [-0.39, 0.29) is 12.6 Å². The molecule has 1 saturated heterocycles. The summed E-state index contributed by atoms with van der Waals surface area (Å²) in [5.74, 6) is 0.996. The average molecular weight is 195 g/mol. The molecule has 2 nitrogen and oxygen atoms in total. The molecule has 0 aromatic heterocycles. The van der Waals surface area contributed by atoms with Crippen molar-refractivity contribution in [2.45, 2.75) is 11.4 Å². The van der Waals surface area contributed by atoms with E-state index < -0.39 is 0 Å². The SMILES string of the molecule is OCC1CSC(c2ccccc2)N1. The van der Waals surface area contributed by atoms with Crippen LogP contribution in [-0.4, -0.2) is 23.5 Å². The third-order valence-corrected chi connectivity index (χ3v) is 3.51. The molecule has 70 valence electrons. The van der Waals surface area contributed by atoms with Crippen LogP contribution in [0.3, 0.4) is 0 Å². The van der Waals surface area contributed by atoms with Gasteiger partial charge in [0, 0.05) is 11.8 Å². The summed E-state index contributed by atoms with van der Waals surface area (Å²) in [5.41, 5.74) is 1.29. The zero-order valence-corrected chi connectivity index (χ0v) is 8.13. The van der Waals surface area contributed by atoms with Crippen LogP contribution in [0, 0.1) is 0 Å². The summed E-state index contributed by atoms with van der Waals surface area (Å²) in [5, 5.41) is 12.7. The van der Waals surface area contributed by atoms with Crippen LogP contribution in [0.1, 0.15) is 10.9 Å². The van der Waals surface area contributed by atoms with E-state index in [0.29, 0.717) is 5.37 Å². The van der Waals surface area contributed by atoms with Gasteiger partial charge in [0.2, 0.25) is 0 Å². The molecular formula is C10H13NOS. The van der Waals surface area contributed by atoms with E-state index in [1.54, 1.807) is 0 Å². The van der Waals surface area contributed by atoms with Crippen molar-refractivity contribution in [3.05, 3.63) is 35.9 Å². The van der Waals surface area contributed by atoms with Crippen LogP contribution in [0.2, 0.25) is 0 Å². The van der Waals surface area contributed by atoms with Crippen molar-refractivity contribution in [1.29, 1.82) is 0 Å². The number of thioether (sulfide) groups is 1. The molecule has 2 unspecified atom stereocenters. The molecule has 1 aliphatic rings. The smallest absolute Gasteiger partial charge is 0.0793 e. The Morgan fingerprint density at radius 1 is 1.38 bits per heavy atom. The highest BCUT2D eigenvalue weighted by molar-refractivity contribution is 7.99. The zero-order valence-electron chi connectivity index (χ0n) is 7.31. The second-order valence-corrected chi connectivity index (χ2v) is 4.31. The second kappa shape index (κ2) is 4.13. The Morgan fingerprint density at radius 2 is 2.15 bits per heavy atom. The molecule has 0 aliphatic carbocycles. The van der Waals surface area contributed by atoms with Gasteiger partial charge in [0.05, 0.1) is 12.0 Å².